The topological polar surface area (TPSA) is 40.5 Å². The molecule has 0 bridgehead atoms. The number of carbonyl (C=O) groups is 1. The fraction of sp³-hybridized carbons (Fsp3) is 0.235. The van der Waals surface area contributed by atoms with Crippen LogP contribution in [0.5, 0.6) is 0 Å². The highest BCUT2D eigenvalue weighted by Gasteiger charge is 2.16. The third-order valence-electron chi connectivity index (χ3n) is 3.05. The minimum atomic E-state index is -0.206. The molecule has 1 aromatic heterocycles. The van der Waals surface area contributed by atoms with E-state index in [4.69, 9.17) is 5.11 Å². The van der Waals surface area contributed by atoms with Crippen molar-refractivity contribution in [3.8, 4) is 11.8 Å². The van der Waals surface area contributed by atoms with E-state index in [0.717, 1.165) is 5.56 Å². The first-order valence-electron chi connectivity index (χ1n) is 6.60. The van der Waals surface area contributed by atoms with Crippen molar-refractivity contribution in [2.75, 3.05) is 13.7 Å². The standard InChI is InChI=1S/C17H17NO2S/c1-13-5-7-14(8-6-13)12-18(2)17(20)16-15(4-3-10-19)9-11-21-16/h5-9,11,19H,10,12H2,1-2H3. The van der Waals surface area contributed by atoms with Gasteiger partial charge in [-0.3, -0.25) is 4.79 Å². The van der Waals surface area contributed by atoms with Gasteiger partial charge in [0, 0.05) is 19.2 Å². The lowest BCUT2D eigenvalue weighted by molar-refractivity contribution is 0.0789. The van der Waals surface area contributed by atoms with Crippen molar-refractivity contribution in [1.82, 2.24) is 4.90 Å². The Balaban J connectivity index is 2.12. The van der Waals surface area contributed by atoms with Crippen LogP contribution < -0.4 is 0 Å². The SMILES string of the molecule is Cc1ccc(CN(C)C(=O)c2sccc2C#CCO)cc1. The third kappa shape index (κ3) is 3.94. The van der Waals surface area contributed by atoms with Crippen molar-refractivity contribution in [1.29, 1.82) is 0 Å². The number of hydrogen-bond acceptors (Lipinski definition) is 3. The molecule has 0 radical (unpaired) electrons. The zero-order valence-corrected chi connectivity index (χ0v) is 12.9. The Morgan fingerprint density at radius 3 is 2.67 bits per heavy atom. The van der Waals surface area contributed by atoms with Crippen LogP contribution in [0, 0.1) is 18.8 Å². The Bertz CT molecular complexity index is 677. The number of benzene rings is 1. The minimum Gasteiger partial charge on any atom is -0.384 e. The molecule has 4 heteroatoms. The van der Waals surface area contributed by atoms with Gasteiger partial charge >= 0.3 is 0 Å². The van der Waals surface area contributed by atoms with Crippen LogP contribution in [0.2, 0.25) is 0 Å². The molecule has 0 atom stereocenters. The Labute approximate surface area is 128 Å². The number of hydrogen-bond donors (Lipinski definition) is 1. The van der Waals surface area contributed by atoms with Crippen LogP contribution in [0.3, 0.4) is 0 Å². The van der Waals surface area contributed by atoms with Gasteiger partial charge in [-0.1, -0.05) is 41.7 Å². The Kier molecular flexibility index (Phi) is 5.15. The average Bonchev–Trinajstić information content (AvgIpc) is 2.95. The number of amides is 1. The van der Waals surface area contributed by atoms with Crippen LogP contribution in [0.1, 0.15) is 26.4 Å². The molecule has 0 saturated carbocycles. The zero-order valence-electron chi connectivity index (χ0n) is 12.1. The summed E-state index contributed by atoms with van der Waals surface area (Å²) >= 11 is 1.37. The largest absolute Gasteiger partial charge is 0.384 e. The summed E-state index contributed by atoms with van der Waals surface area (Å²) in [5, 5.41) is 10.6. The molecule has 1 amide bonds. The maximum absolute atomic E-state index is 12.5. The monoisotopic (exact) mass is 299 g/mol. The minimum absolute atomic E-state index is 0.0483. The molecule has 108 valence electrons. The molecular formula is C17H17NO2S. The number of nitrogens with zero attached hydrogens (tertiary/aromatic N) is 1. The molecular weight excluding hydrogens is 282 g/mol. The highest BCUT2D eigenvalue weighted by Crippen LogP contribution is 2.19. The summed E-state index contributed by atoms with van der Waals surface area (Å²) in [5.74, 6) is 5.35. The molecule has 0 unspecified atom stereocenters. The van der Waals surface area contributed by atoms with Gasteiger partial charge in [-0.2, -0.15) is 0 Å². The van der Waals surface area contributed by atoms with Crippen molar-refractivity contribution in [2.45, 2.75) is 13.5 Å². The summed E-state index contributed by atoms with van der Waals surface area (Å²) in [7, 11) is 1.78. The number of thiophene rings is 1. The number of rotatable bonds is 3. The first-order valence-corrected chi connectivity index (χ1v) is 7.48. The second kappa shape index (κ2) is 7.07. The van der Waals surface area contributed by atoms with E-state index in [1.165, 1.54) is 16.9 Å². The summed E-state index contributed by atoms with van der Waals surface area (Å²) in [4.78, 5) is 14.8. The maximum atomic E-state index is 12.5. The fourth-order valence-corrected chi connectivity index (χ4v) is 2.76. The van der Waals surface area contributed by atoms with Gasteiger partial charge < -0.3 is 10.0 Å². The predicted octanol–water partition coefficient (Wildman–Crippen LogP) is 2.67. The Morgan fingerprint density at radius 1 is 1.29 bits per heavy atom. The highest BCUT2D eigenvalue weighted by molar-refractivity contribution is 7.12. The highest BCUT2D eigenvalue weighted by atomic mass is 32.1. The Morgan fingerprint density at radius 2 is 2.00 bits per heavy atom. The average molecular weight is 299 g/mol. The summed E-state index contributed by atoms with van der Waals surface area (Å²) in [6.07, 6.45) is 0. The lowest BCUT2D eigenvalue weighted by atomic mass is 10.1. The van der Waals surface area contributed by atoms with Gasteiger partial charge in [0.2, 0.25) is 0 Å². The van der Waals surface area contributed by atoms with Gasteiger partial charge in [-0.05, 0) is 23.9 Å². The van der Waals surface area contributed by atoms with Crippen LogP contribution in [0.25, 0.3) is 0 Å². The van der Waals surface area contributed by atoms with E-state index in [0.29, 0.717) is 17.0 Å². The van der Waals surface area contributed by atoms with Crippen molar-refractivity contribution in [3.05, 3.63) is 57.3 Å². The van der Waals surface area contributed by atoms with Crippen LogP contribution in [0.15, 0.2) is 35.7 Å². The van der Waals surface area contributed by atoms with E-state index >= 15 is 0 Å². The van der Waals surface area contributed by atoms with Crippen molar-refractivity contribution >= 4 is 17.2 Å². The molecule has 2 rings (SSSR count). The van der Waals surface area contributed by atoms with E-state index in [2.05, 4.69) is 11.8 Å². The molecule has 0 aliphatic rings. The smallest absolute Gasteiger partial charge is 0.265 e. The van der Waals surface area contributed by atoms with Crippen molar-refractivity contribution in [2.24, 2.45) is 0 Å². The molecule has 21 heavy (non-hydrogen) atoms. The van der Waals surface area contributed by atoms with E-state index in [-0.39, 0.29) is 12.5 Å². The van der Waals surface area contributed by atoms with Crippen LogP contribution >= 0.6 is 11.3 Å². The number of aliphatic hydroxyl groups is 1. The number of carbonyl (C=O) groups excluding carboxylic acids is 1. The summed E-state index contributed by atoms with van der Waals surface area (Å²) < 4.78 is 0. The molecule has 0 fully saturated rings. The molecule has 3 nitrogen and oxygen atoms in total. The second-order valence-corrected chi connectivity index (χ2v) is 5.69. The molecule has 1 aromatic carbocycles. The van der Waals surface area contributed by atoms with E-state index in [1.807, 2.05) is 36.6 Å². The third-order valence-corrected chi connectivity index (χ3v) is 3.95. The van der Waals surface area contributed by atoms with E-state index < -0.39 is 0 Å². The molecule has 1 N–H and O–H groups in total. The number of aliphatic hydroxyl groups excluding tert-OH is 1. The van der Waals surface area contributed by atoms with Crippen molar-refractivity contribution in [3.63, 3.8) is 0 Å². The zero-order chi connectivity index (χ0) is 15.2. The first kappa shape index (κ1) is 15.3. The quantitative estimate of drug-likeness (QED) is 0.885. The van der Waals surface area contributed by atoms with Gasteiger partial charge in [0.25, 0.3) is 5.91 Å². The lowest BCUT2D eigenvalue weighted by Gasteiger charge is -2.17. The Hall–Kier alpha value is -2.09. The van der Waals surface area contributed by atoms with Crippen LogP contribution in [0.4, 0.5) is 0 Å². The van der Waals surface area contributed by atoms with Gasteiger partial charge in [-0.25, -0.2) is 0 Å². The molecule has 0 saturated heterocycles. The normalized spacial score (nSPS) is 9.86. The first-order chi connectivity index (χ1) is 10.1. The molecule has 0 aliphatic carbocycles. The van der Waals surface area contributed by atoms with E-state index in [1.54, 1.807) is 18.0 Å². The lowest BCUT2D eigenvalue weighted by Crippen LogP contribution is -2.26. The molecule has 2 aromatic rings. The maximum Gasteiger partial charge on any atom is 0.265 e. The molecule has 1 heterocycles. The summed E-state index contributed by atoms with van der Waals surface area (Å²) in [6.45, 7) is 2.39. The summed E-state index contributed by atoms with van der Waals surface area (Å²) in [5.41, 5.74) is 2.97. The predicted molar refractivity (Wildman–Crippen MR) is 85.3 cm³/mol. The summed E-state index contributed by atoms with van der Waals surface area (Å²) in [6, 6.07) is 9.94. The van der Waals surface area contributed by atoms with Gasteiger partial charge in [0.15, 0.2) is 0 Å². The van der Waals surface area contributed by atoms with Gasteiger partial charge in [0.1, 0.15) is 11.5 Å². The number of aryl methyl sites for hydroxylation is 1. The van der Waals surface area contributed by atoms with Crippen molar-refractivity contribution < 1.29 is 9.90 Å². The molecule has 0 spiro atoms. The van der Waals surface area contributed by atoms with Crippen LogP contribution in [-0.4, -0.2) is 29.6 Å². The van der Waals surface area contributed by atoms with Gasteiger partial charge in [-0.15, -0.1) is 11.3 Å². The van der Waals surface area contributed by atoms with Crippen LogP contribution in [-0.2, 0) is 6.54 Å². The fourth-order valence-electron chi connectivity index (χ4n) is 1.92. The van der Waals surface area contributed by atoms with Gasteiger partial charge in [0.05, 0.1) is 0 Å². The van der Waals surface area contributed by atoms with E-state index in [9.17, 15) is 4.79 Å². The molecule has 0 aliphatic heterocycles. The second-order valence-electron chi connectivity index (χ2n) is 4.77.